The van der Waals surface area contributed by atoms with Crippen molar-refractivity contribution in [3.8, 4) is 0 Å². The molecule has 0 amide bonds. The van der Waals surface area contributed by atoms with Gasteiger partial charge in [0.2, 0.25) is 0 Å². The lowest BCUT2D eigenvalue weighted by molar-refractivity contribution is 0.306. The van der Waals surface area contributed by atoms with Crippen LogP contribution in [0.2, 0.25) is 0 Å². The molecule has 0 radical (unpaired) electrons. The first-order valence-electron chi connectivity index (χ1n) is 7.66. The predicted molar refractivity (Wildman–Crippen MR) is 85.3 cm³/mol. The Morgan fingerprint density at radius 2 is 2.00 bits per heavy atom. The molecule has 1 aliphatic heterocycles. The molecule has 4 heteroatoms. The van der Waals surface area contributed by atoms with E-state index >= 15 is 0 Å². The van der Waals surface area contributed by atoms with Crippen molar-refractivity contribution in [1.29, 1.82) is 0 Å². The van der Waals surface area contributed by atoms with Crippen molar-refractivity contribution in [2.75, 3.05) is 18.1 Å². The molecule has 1 aromatic rings. The van der Waals surface area contributed by atoms with E-state index in [1.54, 1.807) is 4.88 Å². The van der Waals surface area contributed by atoms with Crippen LogP contribution in [0, 0.1) is 0 Å². The van der Waals surface area contributed by atoms with Gasteiger partial charge in [0.15, 0.2) is 0 Å². The van der Waals surface area contributed by atoms with E-state index < -0.39 is 0 Å². The summed E-state index contributed by atoms with van der Waals surface area (Å²) in [6.07, 6.45) is 8.89. The maximum Gasteiger partial charge on any atom is 0.113 e. The van der Waals surface area contributed by atoms with Gasteiger partial charge in [0.1, 0.15) is 5.01 Å². The number of hydrogen-bond donors (Lipinski definition) is 1. The van der Waals surface area contributed by atoms with E-state index in [1.165, 1.54) is 67.2 Å². The second-order valence-corrected chi connectivity index (χ2v) is 8.03. The van der Waals surface area contributed by atoms with Crippen molar-refractivity contribution in [2.24, 2.45) is 0 Å². The van der Waals surface area contributed by atoms with Gasteiger partial charge >= 0.3 is 0 Å². The number of nitrogens with one attached hydrogen (secondary N) is 1. The van der Waals surface area contributed by atoms with E-state index in [1.807, 2.05) is 11.3 Å². The summed E-state index contributed by atoms with van der Waals surface area (Å²) in [6.45, 7) is 3.38. The maximum absolute atomic E-state index is 5.05. The molecule has 0 aromatic carbocycles. The molecule has 2 nitrogen and oxygen atoms in total. The molecule has 0 atom stereocenters. The topological polar surface area (TPSA) is 24.9 Å². The number of thioether (sulfide) groups is 1. The third kappa shape index (κ3) is 2.86. The molecule has 1 fully saturated rings. The van der Waals surface area contributed by atoms with Crippen LogP contribution >= 0.6 is 23.1 Å². The second kappa shape index (κ2) is 6.15. The molecule has 0 spiro atoms. The van der Waals surface area contributed by atoms with Crippen LogP contribution in [0.1, 0.15) is 54.6 Å². The van der Waals surface area contributed by atoms with Crippen molar-refractivity contribution in [2.45, 2.75) is 57.4 Å². The monoisotopic (exact) mass is 296 g/mol. The van der Waals surface area contributed by atoms with Gasteiger partial charge in [-0.25, -0.2) is 4.98 Å². The van der Waals surface area contributed by atoms with Gasteiger partial charge in [-0.15, -0.1) is 11.3 Å². The van der Waals surface area contributed by atoms with Gasteiger partial charge in [0.05, 0.1) is 11.2 Å². The minimum atomic E-state index is 0.198. The van der Waals surface area contributed by atoms with Crippen LogP contribution in [-0.2, 0) is 18.4 Å². The number of nitrogens with zero attached hydrogens (tertiary/aromatic N) is 1. The van der Waals surface area contributed by atoms with Crippen LogP contribution in [0.5, 0.6) is 0 Å². The number of aromatic nitrogens is 1. The second-order valence-electron chi connectivity index (χ2n) is 5.72. The molecule has 2 aliphatic rings. The average Bonchev–Trinajstić information content (AvgIpc) is 2.91. The van der Waals surface area contributed by atoms with Crippen LogP contribution in [0.4, 0.5) is 0 Å². The molecule has 1 aliphatic carbocycles. The van der Waals surface area contributed by atoms with Crippen molar-refractivity contribution in [3.05, 3.63) is 15.6 Å². The number of thiazole rings is 1. The van der Waals surface area contributed by atoms with Crippen LogP contribution in [0.25, 0.3) is 0 Å². The van der Waals surface area contributed by atoms with Gasteiger partial charge in [0.25, 0.3) is 0 Å². The lowest BCUT2D eigenvalue weighted by atomic mass is 9.92. The lowest BCUT2D eigenvalue weighted by Crippen LogP contribution is -2.45. The minimum Gasteiger partial charge on any atom is -0.305 e. The molecule has 2 heterocycles. The molecular weight excluding hydrogens is 272 g/mol. The van der Waals surface area contributed by atoms with Gasteiger partial charge in [-0.3, -0.25) is 0 Å². The first kappa shape index (κ1) is 13.9. The van der Waals surface area contributed by atoms with Crippen molar-refractivity contribution in [1.82, 2.24) is 10.3 Å². The standard InChI is InChI=1S/C15H24N2S2/c1-2-9-16-15(7-10-18-11-8-15)14-17-12-5-3-4-6-13(12)19-14/h16H,2-11H2,1H3. The smallest absolute Gasteiger partial charge is 0.113 e. The Kier molecular flexibility index (Phi) is 4.50. The summed E-state index contributed by atoms with van der Waals surface area (Å²) in [5, 5.41) is 5.24. The van der Waals surface area contributed by atoms with Gasteiger partial charge < -0.3 is 5.32 Å². The number of aryl methyl sites for hydroxylation is 2. The highest BCUT2D eigenvalue weighted by Crippen LogP contribution is 2.40. The zero-order valence-electron chi connectivity index (χ0n) is 11.8. The van der Waals surface area contributed by atoms with Gasteiger partial charge in [-0.2, -0.15) is 11.8 Å². The van der Waals surface area contributed by atoms with E-state index in [0.717, 1.165) is 6.54 Å². The fourth-order valence-corrected chi connectivity index (χ4v) is 5.67. The normalized spacial score (nSPS) is 22.2. The molecule has 3 rings (SSSR count). The van der Waals surface area contributed by atoms with Gasteiger partial charge in [0, 0.05) is 4.88 Å². The first-order chi connectivity index (χ1) is 9.34. The Hall–Kier alpha value is -0.0600. The highest BCUT2D eigenvalue weighted by atomic mass is 32.2. The fourth-order valence-electron chi connectivity index (χ4n) is 3.11. The molecule has 1 N–H and O–H groups in total. The average molecular weight is 297 g/mol. The zero-order chi connectivity index (χ0) is 13.1. The van der Waals surface area contributed by atoms with Crippen LogP contribution in [-0.4, -0.2) is 23.0 Å². The molecule has 0 bridgehead atoms. The highest BCUT2D eigenvalue weighted by molar-refractivity contribution is 7.99. The van der Waals surface area contributed by atoms with Crippen LogP contribution < -0.4 is 5.32 Å². The third-order valence-electron chi connectivity index (χ3n) is 4.31. The predicted octanol–water partition coefficient (Wildman–Crippen LogP) is 3.74. The van der Waals surface area contributed by atoms with Gasteiger partial charge in [-0.05, 0) is 63.0 Å². The summed E-state index contributed by atoms with van der Waals surface area (Å²) >= 11 is 4.11. The Bertz CT molecular complexity index is 398. The van der Waals surface area contributed by atoms with E-state index in [9.17, 15) is 0 Å². The van der Waals surface area contributed by atoms with Gasteiger partial charge in [-0.1, -0.05) is 6.92 Å². The summed E-state index contributed by atoms with van der Waals surface area (Å²) in [5.74, 6) is 2.56. The number of hydrogen-bond acceptors (Lipinski definition) is 4. The molecule has 0 saturated carbocycles. The molecule has 1 saturated heterocycles. The van der Waals surface area contributed by atoms with Crippen molar-refractivity contribution < 1.29 is 0 Å². The number of rotatable bonds is 4. The zero-order valence-corrected chi connectivity index (χ0v) is 13.5. The molecule has 1 aromatic heterocycles. The summed E-state index contributed by atoms with van der Waals surface area (Å²) in [5.41, 5.74) is 1.62. The van der Waals surface area contributed by atoms with E-state index in [2.05, 4.69) is 24.0 Å². The summed E-state index contributed by atoms with van der Waals surface area (Å²) < 4.78 is 0. The maximum atomic E-state index is 5.05. The Labute approximate surface area is 124 Å². The Morgan fingerprint density at radius 3 is 2.74 bits per heavy atom. The van der Waals surface area contributed by atoms with Crippen molar-refractivity contribution >= 4 is 23.1 Å². The summed E-state index contributed by atoms with van der Waals surface area (Å²) in [4.78, 5) is 6.63. The summed E-state index contributed by atoms with van der Waals surface area (Å²) in [7, 11) is 0. The molecule has 0 unspecified atom stereocenters. The molecule has 19 heavy (non-hydrogen) atoms. The van der Waals surface area contributed by atoms with Crippen LogP contribution in [0.15, 0.2) is 0 Å². The molecular formula is C15H24N2S2. The number of fused-ring (bicyclic) bond motifs is 1. The molecule has 106 valence electrons. The fraction of sp³-hybridized carbons (Fsp3) is 0.800. The highest BCUT2D eigenvalue weighted by Gasteiger charge is 2.37. The van der Waals surface area contributed by atoms with E-state index in [4.69, 9.17) is 4.98 Å². The Morgan fingerprint density at radius 1 is 1.21 bits per heavy atom. The quantitative estimate of drug-likeness (QED) is 0.916. The van der Waals surface area contributed by atoms with E-state index in [0.29, 0.717) is 0 Å². The SMILES string of the molecule is CCCNC1(c2nc3c(s2)CCCC3)CCSCC1. The van der Waals surface area contributed by atoms with Crippen LogP contribution in [0.3, 0.4) is 0 Å². The lowest BCUT2D eigenvalue weighted by Gasteiger charge is -2.36. The van der Waals surface area contributed by atoms with Crippen molar-refractivity contribution in [3.63, 3.8) is 0 Å². The van der Waals surface area contributed by atoms with E-state index in [-0.39, 0.29) is 5.54 Å². The third-order valence-corrected chi connectivity index (χ3v) is 6.66. The first-order valence-corrected chi connectivity index (χ1v) is 9.63. The largest absolute Gasteiger partial charge is 0.305 e. The minimum absolute atomic E-state index is 0.198. The summed E-state index contributed by atoms with van der Waals surface area (Å²) in [6, 6.07) is 0. The Balaban J connectivity index is 1.87.